The molecule has 100 valence electrons. The summed E-state index contributed by atoms with van der Waals surface area (Å²) in [6.45, 7) is 0.701. The second-order valence-corrected chi connectivity index (χ2v) is 29.1. The van der Waals surface area contributed by atoms with E-state index in [4.69, 9.17) is 4.52 Å². The first-order valence-electron chi connectivity index (χ1n) is 5.85. The monoisotopic (exact) mass is 470 g/mol. The van der Waals surface area contributed by atoms with Gasteiger partial charge in [0.1, 0.15) is 0 Å². The second kappa shape index (κ2) is 7.98. The molecular formula is C14H15OPSe3. The average molecular weight is 467 g/mol. The van der Waals surface area contributed by atoms with Gasteiger partial charge in [-0.05, 0) is 0 Å². The van der Waals surface area contributed by atoms with Crippen molar-refractivity contribution >= 4 is 48.3 Å². The Labute approximate surface area is 136 Å². The van der Waals surface area contributed by atoms with Gasteiger partial charge in [-0.15, -0.1) is 0 Å². The fraction of sp³-hybridized carbons (Fsp3) is 0.143. The molecule has 1 nitrogen and oxygen atoms in total. The Kier molecular flexibility index (Phi) is 6.63. The Morgan fingerprint density at radius 3 is 2.05 bits per heavy atom. The first kappa shape index (κ1) is 15.8. The maximum absolute atomic E-state index is 6.09. The van der Waals surface area contributed by atoms with E-state index in [9.17, 15) is 0 Å². The minimum absolute atomic E-state index is 0.461. The van der Waals surface area contributed by atoms with E-state index in [1.165, 1.54) is 11.1 Å². The van der Waals surface area contributed by atoms with Crippen molar-refractivity contribution in [2.45, 2.75) is 11.9 Å². The molecule has 0 saturated carbocycles. The predicted octanol–water partition coefficient (Wildman–Crippen LogP) is 2.85. The van der Waals surface area contributed by atoms with Gasteiger partial charge < -0.3 is 0 Å². The molecule has 0 spiro atoms. The van der Waals surface area contributed by atoms with E-state index in [1.54, 1.807) is 0 Å². The van der Waals surface area contributed by atoms with E-state index in [0.29, 0.717) is 21.1 Å². The summed E-state index contributed by atoms with van der Waals surface area (Å²) in [5, 5.41) is 1.12. The molecule has 0 aliphatic rings. The third-order valence-electron chi connectivity index (χ3n) is 2.47. The summed E-state index contributed by atoms with van der Waals surface area (Å²) >= 11 is 6.50. The van der Waals surface area contributed by atoms with Crippen molar-refractivity contribution in [3.05, 3.63) is 71.8 Å². The van der Waals surface area contributed by atoms with E-state index in [-0.39, 0.29) is 0 Å². The van der Waals surface area contributed by atoms with Gasteiger partial charge in [0, 0.05) is 0 Å². The Morgan fingerprint density at radius 2 is 1.47 bits per heavy atom. The molecule has 2 aromatic rings. The first-order chi connectivity index (χ1) is 9.16. The molecule has 0 radical (unpaired) electrons. The summed E-state index contributed by atoms with van der Waals surface area (Å²) in [7, 11) is 0. The Hall–Kier alpha value is 0.388. The molecule has 0 N–H and O–H groups in total. The van der Waals surface area contributed by atoms with Crippen LogP contribution in [-0.2, 0) is 16.4 Å². The topological polar surface area (TPSA) is 9.23 Å². The first-order valence-corrected chi connectivity index (χ1v) is 15.7. The summed E-state index contributed by atoms with van der Waals surface area (Å²) < 4.78 is 4.69. The van der Waals surface area contributed by atoms with Crippen molar-refractivity contribution in [2.75, 3.05) is 0 Å². The van der Waals surface area contributed by atoms with Crippen LogP contribution in [0.5, 0.6) is 0 Å². The third kappa shape index (κ3) is 6.13. The van der Waals surface area contributed by atoms with E-state index in [1.807, 2.05) is 6.07 Å². The van der Waals surface area contributed by atoms with E-state index in [0.717, 1.165) is 5.32 Å². The van der Waals surface area contributed by atoms with E-state index in [2.05, 4.69) is 85.3 Å². The molecule has 0 saturated heterocycles. The van der Waals surface area contributed by atoms with Gasteiger partial charge >= 0.3 is 137 Å². The molecule has 0 fully saturated rings. The fourth-order valence-electron chi connectivity index (χ4n) is 1.50. The number of benzene rings is 2. The molecular weight excluding hydrogens is 452 g/mol. The van der Waals surface area contributed by atoms with Crippen LogP contribution in [0.4, 0.5) is 0 Å². The number of rotatable bonds is 6. The quantitative estimate of drug-likeness (QED) is 0.470. The fourth-order valence-corrected chi connectivity index (χ4v) is 9.67. The van der Waals surface area contributed by atoms with Crippen LogP contribution in [0.2, 0.25) is 0 Å². The Balaban J connectivity index is 1.84. The van der Waals surface area contributed by atoms with Crippen molar-refractivity contribution in [2.24, 2.45) is 0 Å². The predicted molar refractivity (Wildman–Crippen MR) is 87.0 cm³/mol. The van der Waals surface area contributed by atoms with Gasteiger partial charge in [-0.3, -0.25) is 0 Å². The minimum atomic E-state index is -1.40. The van der Waals surface area contributed by atoms with Gasteiger partial charge in [-0.2, -0.15) is 0 Å². The van der Waals surface area contributed by atoms with Crippen LogP contribution in [0.25, 0.3) is 0 Å². The van der Waals surface area contributed by atoms with Crippen LogP contribution in [0.1, 0.15) is 11.1 Å². The van der Waals surface area contributed by atoms with Gasteiger partial charge in [0.05, 0.1) is 0 Å². The Morgan fingerprint density at radius 1 is 0.947 bits per heavy atom. The molecule has 0 heterocycles. The molecule has 1 atom stereocenters. The molecule has 19 heavy (non-hydrogen) atoms. The average Bonchev–Trinajstić information content (AvgIpc) is 2.46. The van der Waals surface area contributed by atoms with Crippen LogP contribution in [0, 0.1) is 0 Å². The molecule has 2 aromatic carbocycles. The summed E-state index contributed by atoms with van der Waals surface area (Å²) in [4.78, 5) is 0. The van der Waals surface area contributed by atoms with Crippen molar-refractivity contribution in [3.8, 4) is 0 Å². The molecule has 0 amide bonds. The summed E-state index contributed by atoms with van der Waals surface area (Å²) in [5.41, 5.74) is 2.64. The van der Waals surface area contributed by atoms with Crippen molar-refractivity contribution < 1.29 is 4.52 Å². The van der Waals surface area contributed by atoms with Gasteiger partial charge in [0.25, 0.3) is 0 Å². The molecule has 0 aliphatic heterocycles. The van der Waals surface area contributed by atoms with Gasteiger partial charge in [-0.1, -0.05) is 0 Å². The zero-order valence-corrected chi connectivity index (χ0v) is 16.5. The third-order valence-corrected chi connectivity index (χ3v) is 16.2. The van der Waals surface area contributed by atoms with E-state index >= 15 is 0 Å². The maximum atomic E-state index is 6.09. The van der Waals surface area contributed by atoms with Crippen molar-refractivity contribution in [3.63, 3.8) is 0 Å². The van der Waals surface area contributed by atoms with Crippen molar-refractivity contribution in [1.29, 1.82) is 0 Å². The summed E-state index contributed by atoms with van der Waals surface area (Å²) in [6.07, 6.45) is 0. The van der Waals surface area contributed by atoms with Crippen LogP contribution in [0.3, 0.4) is 0 Å². The van der Waals surface area contributed by atoms with Crippen LogP contribution in [-0.4, -0.2) is 45.2 Å². The molecule has 0 bridgehead atoms. The van der Waals surface area contributed by atoms with Crippen LogP contribution in [0.15, 0.2) is 60.7 Å². The van der Waals surface area contributed by atoms with E-state index < -0.39 is 3.11 Å². The van der Waals surface area contributed by atoms with Crippen LogP contribution >= 0.6 is 3.11 Å². The molecule has 1 unspecified atom stereocenters. The van der Waals surface area contributed by atoms with Crippen LogP contribution < -0.4 is 0 Å². The molecule has 0 aromatic heterocycles. The van der Waals surface area contributed by atoms with Gasteiger partial charge in [0.15, 0.2) is 0 Å². The zero-order valence-electron chi connectivity index (χ0n) is 10.3. The van der Waals surface area contributed by atoms with Crippen molar-refractivity contribution in [1.82, 2.24) is 0 Å². The number of hydrogen-bond acceptors (Lipinski definition) is 1. The summed E-state index contributed by atoms with van der Waals surface area (Å²) in [6, 6.07) is 21.0. The summed E-state index contributed by atoms with van der Waals surface area (Å²) in [5.74, 6) is 0. The SMILES string of the molecule is [Se]=P([SeH])(OCc1ccccc1)[Se]Cc1ccccc1. The standard InChI is InChI=1S/C14H15OPSe3/c17-16(18,15-11-13-7-3-1-4-8-13)19-12-14-9-5-2-6-10-14/h1-10H,11-12H2,(H,17,18). The number of hydrogen-bond donors (Lipinski definition) is 0. The zero-order chi connectivity index (χ0) is 13.6. The second-order valence-electron chi connectivity index (χ2n) is 3.99. The molecule has 0 aliphatic carbocycles. The van der Waals surface area contributed by atoms with Gasteiger partial charge in [0.2, 0.25) is 0 Å². The molecule has 2 rings (SSSR count). The Bertz CT molecular complexity index is 498. The molecule has 5 heteroatoms. The normalized spacial score (nSPS) is 13.9. The van der Waals surface area contributed by atoms with Gasteiger partial charge in [-0.25, -0.2) is 0 Å².